The summed E-state index contributed by atoms with van der Waals surface area (Å²) >= 11 is 0. The first-order chi connectivity index (χ1) is 12.2. The summed E-state index contributed by atoms with van der Waals surface area (Å²) in [4.78, 5) is 16.0. The van der Waals surface area contributed by atoms with Crippen molar-refractivity contribution in [2.45, 2.75) is 19.6 Å². The van der Waals surface area contributed by atoms with Gasteiger partial charge < -0.3 is 28.8 Å². The smallest absolute Gasteiger partial charge is 0.260 e. The first-order valence-electron chi connectivity index (χ1n) is 8.10. The highest BCUT2D eigenvalue weighted by Gasteiger charge is 2.17. The lowest BCUT2D eigenvalue weighted by Crippen LogP contribution is -2.38. The fraction of sp³-hybridized carbons (Fsp3) is 0.412. The number of rotatable bonds is 9. The van der Waals surface area contributed by atoms with Gasteiger partial charge in [0.1, 0.15) is 5.75 Å². The monoisotopic (exact) mass is 347 g/mol. The molecule has 1 aliphatic rings. The van der Waals surface area contributed by atoms with Crippen molar-refractivity contribution in [3.63, 3.8) is 0 Å². The Labute approximate surface area is 145 Å². The van der Waals surface area contributed by atoms with Gasteiger partial charge in [-0.05, 0) is 19.1 Å². The number of nitrogens with zero attached hydrogens (tertiary/aromatic N) is 2. The van der Waals surface area contributed by atoms with E-state index in [1.807, 2.05) is 10.8 Å². The number of hydrogen-bond donors (Lipinski definition) is 1. The molecule has 0 aliphatic carbocycles. The van der Waals surface area contributed by atoms with Crippen LogP contribution in [0.25, 0.3) is 0 Å². The van der Waals surface area contributed by atoms with Crippen LogP contribution in [0.1, 0.15) is 6.92 Å². The molecule has 2 heterocycles. The van der Waals surface area contributed by atoms with Crippen molar-refractivity contribution in [2.24, 2.45) is 0 Å². The van der Waals surface area contributed by atoms with Gasteiger partial charge in [-0.2, -0.15) is 0 Å². The van der Waals surface area contributed by atoms with Crippen molar-refractivity contribution < 1.29 is 23.7 Å². The molecule has 134 valence electrons. The first-order valence-corrected chi connectivity index (χ1v) is 8.10. The summed E-state index contributed by atoms with van der Waals surface area (Å²) in [6.07, 6.45) is 4.72. The number of amides is 1. The molecule has 1 aliphatic heterocycles. The van der Waals surface area contributed by atoms with Gasteiger partial charge in [0.2, 0.25) is 6.79 Å². The summed E-state index contributed by atoms with van der Waals surface area (Å²) in [5.74, 6) is 1.66. The number of benzene rings is 1. The Balaban J connectivity index is 1.32. The summed E-state index contributed by atoms with van der Waals surface area (Å²) in [6, 6.07) is 5.22. The Kier molecular flexibility index (Phi) is 5.73. The van der Waals surface area contributed by atoms with Crippen LogP contribution in [0.5, 0.6) is 17.2 Å². The van der Waals surface area contributed by atoms with Crippen LogP contribution in [0.2, 0.25) is 0 Å². The quantitative estimate of drug-likeness (QED) is 0.687. The van der Waals surface area contributed by atoms with E-state index in [4.69, 9.17) is 18.9 Å². The Morgan fingerprint density at radius 2 is 2.24 bits per heavy atom. The lowest BCUT2D eigenvalue weighted by Gasteiger charge is -2.15. The average Bonchev–Trinajstić information content (AvgIpc) is 3.28. The molecule has 0 saturated heterocycles. The van der Waals surface area contributed by atoms with Crippen LogP contribution in [0.4, 0.5) is 0 Å². The van der Waals surface area contributed by atoms with E-state index < -0.39 is 6.10 Å². The molecular formula is C17H21N3O5. The van der Waals surface area contributed by atoms with Gasteiger partial charge in [0.15, 0.2) is 17.6 Å². The summed E-state index contributed by atoms with van der Waals surface area (Å²) in [5.41, 5.74) is 0. The SMILES string of the molecule is C[C@@H](Oc1ccc2c(c1)OCO2)C(=O)NCCOCCn1ccnc1. The van der Waals surface area contributed by atoms with Crippen molar-refractivity contribution >= 4 is 5.91 Å². The highest BCUT2D eigenvalue weighted by Crippen LogP contribution is 2.35. The third kappa shape index (κ3) is 4.87. The van der Waals surface area contributed by atoms with Crippen LogP contribution in [0, 0.1) is 0 Å². The van der Waals surface area contributed by atoms with Gasteiger partial charge in [-0.15, -0.1) is 0 Å². The number of fused-ring (bicyclic) bond motifs is 1. The zero-order valence-electron chi connectivity index (χ0n) is 14.0. The molecule has 1 aromatic heterocycles. The molecule has 0 spiro atoms. The first kappa shape index (κ1) is 17.1. The maximum Gasteiger partial charge on any atom is 0.260 e. The molecule has 2 aromatic rings. The van der Waals surface area contributed by atoms with Crippen molar-refractivity contribution in [1.82, 2.24) is 14.9 Å². The van der Waals surface area contributed by atoms with Gasteiger partial charge in [-0.1, -0.05) is 0 Å². The van der Waals surface area contributed by atoms with Crippen LogP contribution in [0.15, 0.2) is 36.9 Å². The lowest BCUT2D eigenvalue weighted by atomic mass is 10.3. The largest absolute Gasteiger partial charge is 0.481 e. The number of nitrogens with one attached hydrogen (secondary N) is 1. The zero-order chi connectivity index (χ0) is 17.5. The van der Waals surface area contributed by atoms with Crippen molar-refractivity contribution in [3.05, 3.63) is 36.9 Å². The Morgan fingerprint density at radius 3 is 3.08 bits per heavy atom. The zero-order valence-corrected chi connectivity index (χ0v) is 14.0. The molecule has 0 unspecified atom stereocenters. The number of aromatic nitrogens is 2. The fourth-order valence-corrected chi connectivity index (χ4v) is 2.29. The van der Waals surface area contributed by atoms with Gasteiger partial charge in [-0.25, -0.2) is 4.98 Å². The number of hydrogen-bond acceptors (Lipinski definition) is 6. The van der Waals surface area contributed by atoms with E-state index in [-0.39, 0.29) is 12.7 Å². The maximum absolute atomic E-state index is 12.0. The van der Waals surface area contributed by atoms with E-state index in [1.54, 1.807) is 37.6 Å². The van der Waals surface area contributed by atoms with E-state index in [1.165, 1.54) is 0 Å². The van der Waals surface area contributed by atoms with Crippen LogP contribution < -0.4 is 19.5 Å². The number of ether oxygens (including phenoxy) is 4. The minimum atomic E-state index is -0.619. The number of carbonyl (C=O) groups is 1. The standard InChI is InChI=1S/C17H21N3O5/c1-13(25-14-2-3-15-16(10-14)24-12-23-15)17(21)19-5-8-22-9-7-20-6-4-18-11-20/h2-4,6,10-11,13H,5,7-9,12H2,1H3,(H,19,21)/t13-/m1/s1. The van der Waals surface area contributed by atoms with Crippen LogP contribution in [-0.4, -0.2) is 48.1 Å². The molecule has 1 N–H and O–H groups in total. The normalized spacial score (nSPS) is 13.5. The summed E-state index contributed by atoms with van der Waals surface area (Å²) in [6.45, 7) is 4.07. The molecular weight excluding hydrogens is 326 g/mol. The Hall–Kier alpha value is -2.74. The molecule has 0 fully saturated rings. The Morgan fingerprint density at radius 1 is 1.36 bits per heavy atom. The van der Waals surface area contributed by atoms with E-state index >= 15 is 0 Å². The van der Waals surface area contributed by atoms with Gasteiger partial charge in [0, 0.05) is 31.5 Å². The second kappa shape index (κ2) is 8.39. The van der Waals surface area contributed by atoms with E-state index in [0.717, 1.165) is 6.54 Å². The molecule has 1 amide bonds. The molecule has 0 saturated carbocycles. The van der Waals surface area contributed by atoms with Crippen LogP contribution in [0.3, 0.4) is 0 Å². The third-order valence-corrected chi connectivity index (χ3v) is 3.62. The predicted molar refractivity (Wildman–Crippen MR) is 88.7 cm³/mol. The van der Waals surface area contributed by atoms with E-state index in [2.05, 4.69) is 10.3 Å². The minimum Gasteiger partial charge on any atom is -0.481 e. The minimum absolute atomic E-state index is 0.198. The lowest BCUT2D eigenvalue weighted by molar-refractivity contribution is -0.127. The molecule has 0 radical (unpaired) electrons. The summed E-state index contributed by atoms with van der Waals surface area (Å²) in [7, 11) is 0. The highest BCUT2D eigenvalue weighted by atomic mass is 16.7. The van der Waals surface area contributed by atoms with Crippen molar-refractivity contribution in [1.29, 1.82) is 0 Å². The summed E-state index contributed by atoms with van der Waals surface area (Å²) in [5, 5.41) is 2.78. The topological polar surface area (TPSA) is 83.8 Å². The third-order valence-electron chi connectivity index (χ3n) is 3.62. The Bertz CT molecular complexity index is 690. The second-order valence-electron chi connectivity index (χ2n) is 5.48. The van der Waals surface area contributed by atoms with E-state index in [9.17, 15) is 4.79 Å². The van der Waals surface area contributed by atoms with Crippen LogP contribution in [-0.2, 0) is 16.1 Å². The molecule has 8 nitrogen and oxygen atoms in total. The molecule has 8 heteroatoms. The summed E-state index contributed by atoms with van der Waals surface area (Å²) < 4.78 is 23.6. The van der Waals surface area contributed by atoms with Crippen molar-refractivity contribution in [3.8, 4) is 17.2 Å². The molecule has 1 atom stereocenters. The molecule has 1 aromatic carbocycles. The molecule has 3 rings (SSSR count). The highest BCUT2D eigenvalue weighted by molar-refractivity contribution is 5.80. The van der Waals surface area contributed by atoms with Gasteiger partial charge >= 0.3 is 0 Å². The van der Waals surface area contributed by atoms with E-state index in [0.29, 0.717) is 37.0 Å². The molecule has 25 heavy (non-hydrogen) atoms. The predicted octanol–water partition coefficient (Wildman–Crippen LogP) is 1.21. The van der Waals surface area contributed by atoms with Crippen LogP contribution >= 0.6 is 0 Å². The van der Waals surface area contributed by atoms with Gasteiger partial charge in [0.05, 0.1) is 19.5 Å². The maximum atomic E-state index is 12.0. The second-order valence-corrected chi connectivity index (χ2v) is 5.48. The fourth-order valence-electron chi connectivity index (χ4n) is 2.29. The number of imidazole rings is 1. The van der Waals surface area contributed by atoms with Crippen molar-refractivity contribution in [2.75, 3.05) is 26.6 Å². The van der Waals surface area contributed by atoms with Gasteiger partial charge in [-0.3, -0.25) is 4.79 Å². The molecule has 0 bridgehead atoms. The number of carbonyl (C=O) groups excluding carboxylic acids is 1. The average molecular weight is 347 g/mol. The van der Waals surface area contributed by atoms with Gasteiger partial charge in [0.25, 0.3) is 5.91 Å².